The normalized spacial score (nSPS) is 11.9. The highest BCUT2D eigenvalue weighted by atomic mass is 32.1. The van der Waals surface area contributed by atoms with Gasteiger partial charge in [-0.2, -0.15) is 5.10 Å². The van der Waals surface area contributed by atoms with Crippen LogP contribution in [0.15, 0.2) is 45.1 Å². The minimum atomic E-state index is 0.538. The first kappa shape index (κ1) is 19.2. The van der Waals surface area contributed by atoms with Gasteiger partial charge in [-0.1, -0.05) is 6.07 Å². The number of thiophene rings is 1. The second-order valence-electron chi connectivity index (χ2n) is 5.34. The van der Waals surface area contributed by atoms with Crippen LogP contribution in [0.25, 0.3) is 10.6 Å². The van der Waals surface area contributed by atoms with Gasteiger partial charge in [0.05, 0.1) is 38.1 Å². The maximum atomic E-state index is 5.54. The van der Waals surface area contributed by atoms with E-state index in [1.54, 1.807) is 50.2 Å². The molecule has 0 aliphatic heterocycles. The van der Waals surface area contributed by atoms with Gasteiger partial charge in [0.2, 0.25) is 10.6 Å². The summed E-state index contributed by atoms with van der Waals surface area (Å²) in [6.45, 7) is 2.70. The Bertz CT molecular complexity index is 988. The molecule has 27 heavy (non-hydrogen) atoms. The molecule has 0 N–H and O–H groups in total. The smallest absolute Gasteiger partial charge is 0.206 e. The molecule has 142 valence electrons. The van der Waals surface area contributed by atoms with E-state index in [1.807, 2.05) is 29.8 Å². The number of hydrogen-bond donors (Lipinski definition) is 0. The van der Waals surface area contributed by atoms with E-state index in [0.717, 1.165) is 20.9 Å². The lowest BCUT2D eigenvalue weighted by Gasteiger charge is -2.13. The fraction of sp³-hybridized carbons (Fsp3) is 0.263. The highest BCUT2D eigenvalue weighted by Crippen LogP contribution is 2.39. The highest BCUT2D eigenvalue weighted by Gasteiger charge is 2.15. The van der Waals surface area contributed by atoms with Crippen molar-refractivity contribution in [3.05, 3.63) is 45.4 Å². The molecule has 0 aliphatic carbocycles. The molecule has 0 aliphatic rings. The average Bonchev–Trinajstić information content (AvgIpc) is 3.35. The van der Waals surface area contributed by atoms with Gasteiger partial charge in [0, 0.05) is 17.5 Å². The molecular formula is C19H21N3O3S2. The topological polar surface area (TPSA) is 57.3 Å². The molecule has 0 saturated carbocycles. The lowest BCUT2D eigenvalue weighted by Crippen LogP contribution is -2.12. The lowest BCUT2D eigenvalue weighted by molar-refractivity contribution is 0.324. The minimum absolute atomic E-state index is 0.538. The van der Waals surface area contributed by atoms with Crippen LogP contribution in [0.4, 0.5) is 0 Å². The predicted molar refractivity (Wildman–Crippen MR) is 111 cm³/mol. The third kappa shape index (κ3) is 3.91. The number of nitrogens with zero attached hydrogens (tertiary/aromatic N) is 3. The van der Waals surface area contributed by atoms with E-state index in [4.69, 9.17) is 14.2 Å². The molecule has 1 aromatic carbocycles. The van der Waals surface area contributed by atoms with Crippen molar-refractivity contribution in [1.82, 2.24) is 4.68 Å². The Balaban J connectivity index is 2.09. The largest absolute Gasteiger partial charge is 0.493 e. The number of rotatable bonds is 7. The number of hydrogen-bond acceptors (Lipinski definition) is 7. The summed E-state index contributed by atoms with van der Waals surface area (Å²) in [6, 6.07) is 7.82. The van der Waals surface area contributed by atoms with Gasteiger partial charge >= 0.3 is 0 Å². The molecule has 0 saturated heterocycles. The molecule has 0 atom stereocenters. The quantitative estimate of drug-likeness (QED) is 0.558. The summed E-state index contributed by atoms with van der Waals surface area (Å²) < 4.78 is 18.2. The van der Waals surface area contributed by atoms with Crippen LogP contribution < -0.4 is 19.0 Å². The summed E-state index contributed by atoms with van der Waals surface area (Å²) >= 11 is 3.24. The lowest BCUT2D eigenvalue weighted by atomic mass is 10.2. The van der Waals surface area contributed by atoms with Gasteiger partial charge in [0.25, 0.3) is 0 Å². The van der Waals surface area contributed by atoms with Crippen molar-refractivity contribution in [2.75, 3.05) is 27.9 Å². The van der Waals surface area contributed by atoms with Gasteiger partial charge in [0.15, 0.2) is 11.5 Å². The van der Waals surface area contributed by atoms with Gasteiger partial charge in [-0.25, -0.2) is 4.68 Å². The zero-order valence-corrected chi connectivity index (χ0v) is 17.3. The molecule has 6 nitrogen and oxygen atoms in total. The third-order valence-electron chi connectivity index (χ3n) is 3.80. The van der Waals surface area contributed by atoms with E-state index in [0.29, 0.717) is 23.8 Å². The molecule has 0 bridgehead atoms. The Labute approximate surface area is 166 Å². The summed E-state index contributed by atoms with van der Waals surface area (Å²) in [4.78, 5) is 6.53. The number of ether oxygens (including phenoxy) is 3. The minimum Gasteiger partial charge on any atom is -0.493 e. The van der Waals surface area contributed by atoms with Gasteiger partial charge in [-0.05, 0) is 30.5 Å². The molecule has 8 heteroatoms. The highest BCUT2D eigenvalue weighted by molar-refractivity contribution is 7.14. The predicted octanol–water partition coefficient (Wildman–Crippen LogP) is 4.11. The first-order chi connectivity index (χ1) is 13.2. The molecule has 0 unspecified atom stereocenters. The SMILES string of the molecule is CCN=c1scc(-c2cccs2)n1N=Cc1ccc(OC)c(OC)c1OC. The van der Waals surface area contributed by atoms with E-state index in [-0.39, 0.29) is 0 Å². The summed E-state index contributed by atoms with van der Waals surface area (Å²) in [5, 5.41) is 8.81. The number of aromatic nitrogens is 1. The molecule has 0 amide bonds. The van der Waals surface area contributed by atoms with Crippen LogP contribution in [0.3, 0.4) is 0 Å². The van der Waals surface area contributed by atoms with Crippen molar-refractivity contribution in [1.29, 1.82) is 0 Å². The molecule has 3 rings (SSSR count). The Kier molecular flexibility index (Phi) is 6.31. The van der Waals surface area contributed by atoms with Gasteiger partial charge in [-0.3, -0.25) is 4.99 Å². The van der Waals surface area contributed by atoms with Crippen LogP contribution in [-0.2, 0) is 0 Å². The van der Waals surface area contributed by atoms with Crippen molar-refractivity contribution in [2.45, 2.75) is 6.92 Å². The maximum Gasteiger partial charge on any atom is 0.206 e. The molecular weight excluding hydrogens is 382 g/mol. The third-order valence-corrected chi connectivity index (χ3v) is 5.55. The Morgan fingerprint density at radius 2 is 1.85 bits per heavy atom. The average molecular weight is 404 g/mol. The molecule has 2 aromatic heterocycles. The summed E-state index contributed by atoms with van der Waals surface area (Å²) in [6.07, 6.45) is 1.75. The zero-order chi connectivity index (χ0) is 19.2. The van der Waals surface area contributed by atoms with Crippen molar-refractivity contribution >= 4 is 28.9 Å². The second kappa shape index (κ2) is 8.88. The first-order valence-electron chi connectivity index (χ1n) is 8.31. The van der Waals surface area contributed by atoms with Gasteiger partial charge < -0.3 is 14.2 Å². The number of thiazole rings is 1. The number of benzene rings is 1. The summed E-state index contributed by atoms with van der Waals surface area (Å²) in [5.41, 5.74) is 1.80. The van der Waals surface area contributed by atoms with Gasteiger partial charge in [-0.15, -0.1) is 22.7 Å². The van der Waals surface area contributed by atoms with E-state index in [2.05, 4.69) is 26.9 Å². The Hall–Kier alpha value is -2.58. The number of methoxy groups -OCH3 is 3. The fourth-order valence-corrected chi connectivity index (χ4v) is 4.29. The Morgan fingerprint density at radius 1 is 1.04 bits per heavy atom. The van der Waals surface area contributed by atoms with E-state index < -0.39 is 0 Å². The maximum absolute atomic E-state index is 5.54. The summed E-state index contributed by atoms with van der Waals surface area (Å²) in [5.74, 6) is 1.72. The van der Waals surface area contributed by atoms with Crippen LogP contribution in [0.1, 0.15) is 12.5 Å². The van der Waals surface area contributed by atoms with Crippen molar-refractivity contribution in [2.24, 2.45) is 10.1 Å². The van der Waals surface area contributed by atoms with Crippen molar-refractivity contribution in [3.8, 4) is 27.8 Å². The molecule has 3 aromatic rings. The van der Waals surface area contributed by atoms with Crippen molar-refractivity contribution < 1.29 is 14.2 Å². The second-order valence-corrected chi connectivity index (χ2v) is 7.12. The van der Waals surface area contributed by atoms with Crippen LogP contribution in [0, 0.1) is 0 Å². The fourth-order valence-electron chi connectivity index (χ4n) is 2.60. The molecule has 0 radical (unpaired) electrons. The summed E-state index contributed by atoms with van der Waals surface area (Å²) in [7, 11) is 4.78. The molecule has 2 heterocycles. The van der Waals surface area contributed by atoms with E-state index in [1.165, 1.54) is 0 Å². The van der Waals surface area contributed by atoms with Crippen LogP contribution in [0.2, 0.25) is 0 Å². The van der Waals surface area contributed by atoms with E-state index >= 15 is 0 Å². The first-order valence-corrected chi connectivity index (χ1v) is 10.1. The van der Waals surface area contributed by atoms with E-state index in [9.17, 15) is 0 Å². The Morgan fingerprint density at radius 3 is 2.48 bits per heavy atom. The standard InChI is InChI=1S/C19H21N3O3S2/c1-5-20-19-22(14(12-27-19)16-7-6-10-26-16)21-11-13-8-9-15(23-2)18(25-4)17(13)24-3/h6-12H,5H2,1-4H3. The van der Waals surface area contributed by atoms with Crippen LogP contribution in [-0.4, -0.2) is 38.8 Å². The van der Waals surface area contributed by atoms with Crippen molar-refractivity contribution in [3.63, 3.8) is 0 Å². The van der Waals surface area contributed by atoms with Crippen LogP contribution in [0.5, 0.6) is 17.2 Å². The van der Waals surface area contributed by atoms with Gasteiger partial charge in [0.1, 0.15) is 0 Å². The monoisotopic (exact) mass is 403 g/mol. The van der Waals surface area contributed by atoms with Crippen LogP contribution >= 0.6 is 22.7 Å². The zero-order valence-electron chi connectivity index (χ0n) is 15.6. The molecule has 0 spiro atoms. The molecule has 0 fully saturated rings.